The van der Waals surface area contributed by atoms with Gasteiger partial charge in [0.2, 0.25) is 0 Å². The van der Waals surface area contributed by atoms with E-state index in [1.807, 2.05) is 6.92 Å². The molecule has 1 amide bonds. The van der Waals surface area contributed by atoms with E-state index >= 15 is 0 Å². The number of hydrogen-bond acceptors (Lipinski definition) is 3. The maximum atomic E-state index is 11.7. The zero-order valence-corrected chi connectivity index (χ0v) is 9.64. The Morgan fingerprint density at radius 3 is 2.88 bits per heavy atom. The fourth-order valence-corrected chi connectivity index (χ4v) is 1.43. The van der Waals surface area contributed by atoms with E-state index in [2.05, 4.69) is 10.3 Å². The highest BCUT2D eigenvalue weighted by molar-refractivity contribution is 7.80. The minimum absolute atomic E-state index is 0.0530. The van der Waals surface area contributed by atoms with Gasteiger partial charge in [-0.25, -0.2) is 0 Å². The van der Waals surface area contributed by atoms with Gasteiger partial charge in [-0.15, -0.1) is 0 Å². The molecule has 5 nitrogen and oxygen atoms in total. The second-order valence-corrected chi connectivity index (χ2v) is 3.73. The van der Waals surface area contributed by atoms with Gasteiger partial charge in [-0.1, -0.05) is 19.1 Å². The van der Waals surface area contributed by atoms with Crippen LogP contribution in [0.15, 0.2) is 23.3 Å². The van der Waals surface area contributed by atoms with E-state index in [9.17, 15) is 9.59 Å². The summed E-state index contributed by atoms with van der Waals surface area (Å²) < 4.78 is 0. The molecule has 0 radical (unpaired) electrons. The summed E-state index contributed by atoms with van der Waals surface area (Å²) in [6.07, 6.45) is 3.40. The van der Waals surface area contributed by atoms with Gasteiger partial charge in [0.05, 0.1) is 11.0 Å². The number of carbonyl (C=O) groups is 1. The van der Waals surface area contributed by atoms with Gasteiger partial charge in [0, 0.05) is 18.5 Å². The third-order valence-electron chi connectivity index (χ3n) is 2.13. The number of rotatable bonds is 4. The Kier molecular flexibility index (Phi) is 4.19. The lowest BCUT2D eigenvalue weighted by atomic mass is 10.2. The second kappa shape index (κ2) is 5.41. The zero-order chi connectivity index (χ0) is 12.1. The highest BCUT2D eigenvalue weighted by Gasteiger charge is 2.15. The quantitative estimate of drug-likeness (QED) is 0.653. The second-order valence-electron chi connectivity index (χ2n) is 3.26. The maximum absolute atomic E-state index is 11.7. The van der Waals surface area contributed by atoms with Gasteiger partial charge < -0.3 is 16.0 Å². The molecule has 0 aliphatic carbocycles. The lowest BCUT2D eigenvalue weighted by Gasteiger charge is -2.14. The van der Waals surface area contributed by atoms with Crippen LogP contribution in [0.3, 0.4) is 0 Å². The van der Waals surface area contributed by atoms with E-state index < -0.39 is 5.91 Å². The van der Waals surface area contributed by atoms with Gasteiger partial charge in [0.25, 0.3) is 5.91 Å². The van der Waals surface area contributed by atoms with Crippen LogP contribution in [0, 0.1) is 0 Å². The van der Waals surface area contributed by atoms with E-state index in [4.69, 9.17) is 18.0 Å². The Hall–Kier alpha value is -1.69. The molecule has 16 heavy (non-hydrogen) atoms. The topological polar surface area (TPSA) is 88.0 Å². The summed E-state index contributed by atoms with van der Waals surface area (Å²) in [5.74, 6) is -0.471. The van der Waals surface area contributed by atoms with Crippen LogP contribution < -0.4 is 16.5 Å². The number of hydrogen-bond donors (Lipinski definition) is 3. The third-order valence-corrected chi connectivity index (χ3v) is 2.41. The van der Waals surface area contributed by atoms with E-state index in [1.165, 1.54) is 18.5 Å². The number of aromatic nitrogens is 1. The summed E-state index contributed by atoms with van der Waals surface area (Å²) in [4.78, 5) is 25.9. The fourth-order valence-electron chi connectivity index (χ4n) is 1.20. The summed E-state index contributed by atoms with van der Waals surface area (Å²) in [6.45, 7) is 1.85. The lowest BCUT2D eigenvalue weighted by molar-refractivity contribution is 0.0945. The molecule has 0 bridgehead atoms. The van der Waals surface area contributed by atoms with E-state index in [0.29, 0.717) is 6.42 Å². The first-order chi connectivity index (χ1) is 7.56. The van der Waals surface area contributed by atoms with Gasteiger partial charge in [0.1, 0.15) is 5.56 Å². The number of nitrogens with two attached hydrogens (primary N) is 1. The molecule has 1 rings (SSSR count). The van der Waals surface area contributed by atoms with Crippen molar-refractivity contribution in [3.63, 3.8) is 0 Å². The normalized spacial score (nSPS) is 11.8. The lowest BCUT2D eigenvalue weighted by Crippen LogP contribution is -2.44. The first kappa shape index (κ1) is 12.4. The Bertz CT molecular complexity index is 455. The molecule has 0 aliphatic heterocycles. The molecule has 1 heterocycles. The van der Waals surface area contributed by atoms with Gasteiger partial charge in [0.15, 0.2) is 5.43 Å². The summed E-state index contributed by atoms with van der Waals surface area (Å²) in [6, 6.07) is 0.901. The van der Waals surface area contributed by atoms with Crippen LogP contribution in [0.2, 0.25) is 0 Å². The van der Waals surface area contributed by atoms with Crippen molar-refractivity contribution >= 4 is 23.1 Å². The molecule has 0 aliphatic rings. The average molecular weight is 239 g/mol. The minimum Gasteiger partial charge on any atom is -0.392 e. The Morgan fingerprint density at radius 2 is 2.38 bits per heavy atom. The summed E-state index contributed by atoms with van der Waals surface area (Å²) >= 11 is 4.79. The van der Waals surface area contributed by atoms with Crippen molar-refractivity contribution in [2.24, 2.45) is 5.73 Å². The molecule has 0 saturated heterocycles. The highest BCUT2D eigenvalue weighted by atomic mass is 32.1. The predicted molar refractivity (Wildman–Crippen MR) is 65.4 cm³/mol. The molecule has 1 unspecified atom stereocenters. The summed E-state index contributed by atoms with van der Waals surface area (Å²) in [5, 5.41) is 2.60. The van der Waals surface area contributed by atoms with Crippen LogP contribution in [-0.2, 0) is 0 Å². The summed E-state index contributed by atoms with van der Waals surface area (Å²) in [7, 11) is 0. The third kappa shape index (κ3) is 2.90. The van der Waals surface area contributed by atoms with Gasteiger partial charge >= 0.3 is 0 Å². The fraction of sp³-hybridized carbons (Fsp3) is 0.300. The van der Waals surface area contributed by atoms with Gasteiger partial charge in [-0.05, 0) is 6.42 Å². The zero-order valence-electron chi connectivity index (χ0n) is 8.82. The molecule has 0 spiro atoms. The van der Waals surface area contributed by atoms with Crippen molar-refractivity contribution in [3.05, 3.63) is 34.2 Å². The molecule has 1 aromatic heterocycles. The molecule has 1 aromatic rings. The van der Waals surface area contributed by atoms with E-state index in [0.717, 1.165) is 0 Å². The van der Waals surface area contributed by atoms with Crippen LogP contribution in [0.1, 0.15) is 23.7 Å². The molecule has 0 saturated carbocycles. The van der Waals surface area contributed by atoms with Crippen molar-refractivity contribution in [2.45, 2.75) is 19.4 Å². The molecule has 4 N–H and O–H groups in total. The van der Waals surface area contributed by atoms with Crippen molar-refractivity contribution in [1.82, 2.24) is 10.3 Å². The van der Waals surface area contributed by atoms with Crippen LogP contribution in [0.4, 0.5) is 0 Å². The number of thiocarbonyl (C=S) groups is 1. The Balaban J connectivity index is 2.84. The number of aromatic amines is 1. The largest absolute Gasteiger partial charge is 0.392 e. The molecule has 0 fully saturated rings. The molecule has 6 heteroatoms. The van der Waals surface area contributed by atoms with Crippen LogP contribution in [0.5, 0.6) is 0 Å². The van der Waals surface area contributed by atoms with Crippen LogP contribution >= 0.6 is 12.2 Å². The molecular formula is C10H13N3O2S. The number of carbonyl (C=O) groups excluding carboxylic acids is 1. The first-order valence-corrected chi connectivity index (χ1v) is 5.24. The van der Waals surface area contributed by atoms with Crippen molar-refractivity contribution in [3.8, 4) is 0 Å². The van der Waals surface area contributed by atoms with Crippen LogP contribution in [-0.4, -0.2) is 21.9 Å². The van der Waals surface area contributed by atoms with Gasteiger partial charge in [-0.3, -0.25) is 9.59 Å². The molecule has 1 atom stereocenters. The maximum Gasteiger partial charge on any atom is 0.257 e. The van der Waals surface area contributed by atoms with E-state index in [1.54, 1.807) is 0 Å². The predicted octanol–water partition coefficient (Wildman–Crippen LogP) is 0.169. The Labute approximate surface area is 98.0 Å². The van der Waals surface area contributed by atoms with Gasteiger partial charge in [-0.2, -0.15) is 0 Å². The number of pyridine rings is 1. The summed E-state index contributed by atoms with van der Waals surface area (Å²) in [5.41, 5.74) is 5.16. The standard InChI is InChI=1S/C10H13N3O2S/c1-2-7(9(11)16)13-10(15)6-5-12-4-3-8(6)14/h3-5,7H,2H2,1H3,(H2,11,16)(H,12,14)(H,13,15). The van der Waals surface area contributed by atoms with E-state index in [-0.39, 0.29) is 22.0 Å². The molecule has 86 valence electrons. The monoisotopic (exact) mass is 239 g/mol. The van der Waals surface area contributed by atoms with Crippen molar-refractivity contribution in [1.29, 1.82) is 0 Å². The van der Waals surface area contributed by atoms with Crippen molar-refractivity contribution in [2.75, 3.05) is 0 Å². The molecule has 0 aromatic carbocycles. The number of amides is 1. The van der Waals surface area contributed by atoms with Crippen molar-refractivity contribution < 1.29 is 4.79 Å². The molecular weight excluding hydrogens is 226 g/mol. The first-order valence-electron chi connectivity index (χ1n) is 4.83. The smallest absolute Gasteiger partial charge is 0.257 e. The number of H-pyrrole nitrogens is 1. The SMILES string of the molecule is CCC(NC(=O)c1c[nH]ccc1=O)C(N)=S. The van der Waals surface area contributed by atoms with Crippen LogP contribution in [0.25, 0.3) is 0 Å². The average Bonchev–Trinajstić information content (AvgIpc) is 2.25. The number of nitrogens with one attached hydrogen (secondary N) is 2. The minimum atomic E-state index is -0.471. The Morgan fingerprint density at radius 1 is 1.69 bits per heavy atom. The highest BCUT2D eigenvalue weighted by Crippen LogP contribution is 1.95.